The van der Waals surface area contributed by atoms with Crippen molar-refractivity contribution in [3.63, 3.8) is 0 Å². The molecule has 2 N–H and O–H groups in total. The Morgan fingerprint density at radius 3 is 2.71 bits per heavy atom. The second kappa shape index (κ2) is 7.98. The van der Waals surface area contributed by atoms with Crippen molar-refractivity contribution in [2.75, 3.05) is 12.4 Å². The Hall–Kier alpha value is -3.06. The Kier molecular flexibility index (Phi) is 5.75. The van der Waals surface area contributed by atoms with E-state index in [1.165, 1.54) is 31.5 Å². The maximum atomic E-state index is 11.9. The number of amides is 2. The Morgan fingerprint density at radius 2 is 2.04 bits per heavy atom. The SMILES string of the molecule is COc1ccc([N+](=O)[O-])cc1NC(=O)N/C=C/c1ccccc1Cl. The number of non-ortho nitro benzene ring substituents is 1. The first-order chi connectivity index (χ1) is 11.5. The number of halogens is 1. The highest BCUT2D eigenvalue weighted by Crippen LogP contribution is 2.28. The number of hydrogen-bond donors (Lipinski definition) is 2. The lowest BCUT2D eigenvalue weighted by atomic mass is 10.2. The summed E-state index contributed by atoms with van der Waals surface area (Å²) in [6, 6.07) is 10.5. The smallest absolute Gasteiger partial charge is 0.323 e. The normalized spacial score (nSPS) is 10.4. The van der Waals surface area contributed by atoms with E-state index in [4.69, 9.17) is 16.3 Å². The van der Waals surface area contributed by atoms with E-state index < -0.39 is 11.0 Å². The predicted molar refractivity (Wildman–Crippen MR) is 92.3 cm³/mol. The molecule has 0 aliphatic heterocycles. The van der Waals surface area contributed by atoms with Crippen molar-refractivity contribution in [2.45, 2.75) is 0 Å². The van der Waals surface area contributed by atoms with Gasteiger partial charge in [-0.2, -0.15) is 0 Å². The molecule has 0 atom stereocenters. The zero-order valence-corrected chi connectivity index (χ0v) is 13.4. The van der Waals surface area contributed by atoms with Crippen LogP contribution in [-0.4, -0.2) is 18.1 Å². The van der Waals surface area contributed by atoms with Crippen LogP contribution in [0, 0.1) is 10.1 Å². The van der Waals surface area contributed by atoms with Gasteiger partial charge in [-0.05, 0) is 23.8 Å². The maximum absolute atomic E-state index is 11.9. The molecule has 8 heteroatoms. The number of anilines is 1. The maximum Gasteiger partial charge on any atom is 0.323 e. The molecule has 2 rings (SSSR count). The van der Waals surface area contributed by atoms with Gasteiger partial charge in [0.2, 0.25) is 0 Å². The summed E-state index contributed by atoms with van der Waals surface area (Å²) in [7, 11) is 1.40. The number of nitrogens with zero attached hydrogens (tertiary/aromatic N) is 1. The van der Waals surface area contributed by atoms with Crippen LogP contribution in [0.5, 0.6) is 5.75 Å². The summed E-state index contributed by atoms with van der Waals surface area (Å²) in [6.45, 7) is 0. The number of nitro benzene ring substituents is 1. The molecule has 2 aromatic carbocycles. The summed E-state index contributed by atoms with van der Waals surface area (Å²) in [5, 5.41) is 16.4. The highest BCUT2D eigenvalue weighted by atomic mass is 35.5. The lowest BCUT2D eigenvalue weighted by molar-refractivity contribution is -0.384. The van der Waals surface area contributed by atoms with Gasteiger partial charge in [-0.25, -0.2) is 4.79 Å². The third-order valence-electron chi connectivity index (χ3n) is 3.02. The molecular formula is C16H14ClN3O4. The molecule has 0 aliphatic carbocycles. The van der Waals surface area contributed by atoms with Crippen molar-refractivity contribution in [1.82, 2.24) is 5.32 Å². The van der Waals surface area contributed by atoms with E-state index >= 15 is 0 Å². The first-order valence-corrected chi connectivity index (χ1v) is 7.20. The Balaban J connectivity index is 2.05. The van der Waals surface area contributed by atoms with Crippen molar-refractivity contribution < 1.29 is 14.5 Å². The average Bonchev–Trinajstić information content (AvgIpc) is 2.56. The molecule has 0 aromatic heterocycles. The monoisotopic (exact) mass is 347 g/mol. The molecule has 0 heterocycles. The minimum absolute atomic E-state index is 0.155. The summed E-state index contributed by atoms with van der Waals surface area (Å²) in [5.74, 6) is 0.311. The standard InChI is InChI=1S/C16H14ClN3O4/c1-24-15-7-6-12(20(22)23)10-14(15)19-16(21)18-9-8-11-4-2-3-5-13(11)17/h2-10H,1H3,(H2,18,19,21)/b9-8+. The highest BCUT2D eigenvalue weighted by Gasteiger charge is 2.13. The van der Waals surface area contributed by atoms with E-state index in [1.54, 1.807) is 24.3 Å². The van der Waals surface area contributed by atoms with Crippen LogP contribution in [0.2, 0.25) is 5.02 Å². The molecule has 124 valence electrons. The van der Waals surface area contributed by atoms with Crippen LogP contribution in [0.15, 0.2) is 48.7 Å². The van der Waals surface area contributed by atoms with Crippen LogP contribution in [0.3, 0.4) is 0 Å². The number of nitro groups is 1. The molecule has 0 spiro atoms. The van der Waals surface area contributed by atoms with Crippen LogP contribution >= 0.6 is 11.6 Å². The molecule has 0 bridgehead atoms. The van der Waals surface area contributed by atoms with Crippen molar-refractivity contribution in [3.8, 4) is 5.75 Å². The van der Waals surface area contributed by atoms with E-state index in [0.717, 1.165) is 5.56 Å². The zero-order valence-electron chi connectivity index (χ0n) is 12.7. The van der Waals surface area contributed by atoms with Gasteiger partial charge in [0.25, 0.3) is 5.69 Å². The van der Waals surface area contributed by atoms with Gasteiger partial charge in [-0.1, -0.05) is 29.8 Å². The summed E-state index contributed by atoms with van der Waals surface area (Å²) >= 11 is 6.00. The van der Waals surface area contributed by atoms with E-state index in [-0.39, 0.29) is 11.4 Å². The molecule has 2 aromatic rings. The minimum atomic E-state index is -0.572. The number of hydrogen-bond acceptors (Lipinski definition) is 4. The molecule has 0 radical (unpaired) electrons. The molecule has 2 amide bonds. The van der Waals surface area contributed by atoms with Crippen LogP contribution in [-0.2, 0) is 0 Å². The number of urea groups is 1. The predicted octanol–water partition coefficient (Wildman–Crippen LogP) is 4.05. The Bertz CT molecular complexity index is 793. The second-order valence-electron chi connectivity index (χ2n) is 4.60. The molecule has 0 fully saturated rings. The van der Waals surface area contributed by atoms with Gasteiger partial charge in [0, 0.05) is 23.4 Å². The van der Waals surface area contributed by atoms with Gasteiger partial charge in [0.05, 0.1) is 17.7 Å². The quantitative estimate of drug-likeness (QED) is 0.630. The van der Waals surface area contributed by atoms with E-state index in [0.29, 0.717) is 10.8 Å². The fourth-order valence-corrected chi connectivity index (χ4v) is 2.08. The van der Waals surface area contributed by atoms with Crippen molar-refractivity contribution in [2.24, 2.45) is 0 Å². The van der Waals surface area contributed by atoms with Gasteiger partial charge in [-0.15, -0.1) is 0 Å². The molecule has 0 aliphatic rings. The van der Waals surface area contributed by atoms with Gasteiger partial charge < -0.3 is 15.4 Å². The molecule has 24 heavy (non-hydrogen) atoms. The number of benzene rings is 2. The van der Waals surface area contributed by atoms with Gasteiger partial charge in [0.15, 0.2) is 0 Å². The minimum Gasteiger partial charge on any atom is -0.495 e. The van der Waals surface area contributed by atoms with Crippen molar-refractivity contribution >= 4 is 35.1 Å². The first kappa shape index (κ1) is 17.3. The average molecular weight is 348 g/mol. The summed E-state index contributed by atoms with van der Waals surface area (Å²) < 4.78 is 5.07. The zero-order chi connectivity index (χ0) is 17.5. The topological polar surface area (TPSA) is 93.5 Å². The third kappa shape index (κ3) is 4.47. The van der Waals surface area contributed by atoms with Crippen molar-refractivity contribution in [3.05, 3.63) is 69.4 Å². The van der Waals surface area contributed by atoms with Crippen molar-refractivity contribution in [1.29, 1.82) is 0 Å². The van der Waals surface area contributed by atoms with Crippen LogP contribution < -0.4 is 15.4 Å². The molecule has 0 saturated carbocycles. The summed E-state index contributed by atoms with van der Waals surface area (Å²) in [5.41, 5.74) is 0.778. The molecule has 0 saturated heterocycles. The second-order valence-corrected chi connectivity index (χ2v) is 5.00. The van der Waals surface area contributed by atoms with Gasteiger partial charge >= 0.3 is 6.03 Å². The fraction of sp³-hybridized carbons (Fsp3) is 0.0625. The fourth-order valence-electron chi connectivity index (χ4n) is 1.88. The van der Waals surface area contributed by atoms with Crippen LogP contribution in [0.4, 0.5) is 16.2 Å². The largest absolute Gasteiger partial charge is 0.495 e. The van der Waals surface area contributed by atoms with Gasteiger partial charge in [-0.3, -0.25) is 10.1 Å². The first-order valence-electron chi connectivity index (χ1n) is 6.82. The lowest BCUT2D eigenvalue weighted by Gasteiger charge is -2.09. The highest BCUT2D eigenvalue weighted by molar-refractivity contribution is 6.32. The number of nitrogens with one attached hydrogen (secondary N) is 2. The number of rotatable bonds is 5. The van der Waals surface area contributed by atoms with Crippen LogP contribution in [0.1, 0.15) is 5.56 Å². The summed E-state index contributed by atoms with van der Waals surface area (Å²) in [4.78, 5) is 22.2. The number of methoxy groups -OCH3 is 1. The van der Waals surface area contributed by atoms with E-state index in [1.807, 2.05) is 6.07 Å². The van der Waals surface area contributed by atoms with E-state index in [2.05, 4.69) is 10.6 Å². The Labute approximate surface area is 143 Å². The molecule has 7 nitrogen and oxygen atoms in total. The third-order valence-corrected chi connectivity index (χ3v) is 3.37. The number of ether oxygens (including phenoxy) is 1. The number of carbonyl (C=O) groups excluding carboxylic acids is 1. The number of carbonyl (C=O) groups is 1. The molecule has 0 unspecified atom stereocenters. The van der Waals surface area contributed by atoms with Gasteiger partial charge in [0.1, 0.15) is 5.75 Å². The van der Waals surface area contributed by atoms with Crippen LogP contribution in [0.25, 0.3) is 6.08 Å². The molecular weight excluding hydrogens is 334 g/mol. The van der Waals surface area contributed by atoms with E-state index in [9.17, 15) is 14.9 Å². The summed E-state index contributed by atoms with van der Waals surface area (Å²) in [6.07, 6.45) is 3.05. The lowest BCUT2D eigenvalue weighted by Crippen LogP contribution is -2.24. The Morgan fingerprint density at radius 1 is 1.29 bits per heavy atom.